The maximum Gasteiger partial charge on any atom is 0.423 e. The van der Waals surface area contributed by atoms with Gasteiger partial charge in [-0.2, -0.15) is 11.8 Å². The molecule has 3 aromatic rings. The third-order valence-electron chi connectivity index (χ3n) is 5.18. The second kappa shape index (κ2) is 11.7. The lowest BCUT2D eigenvalue weighted by molar-refractivity contribution is -0.155. The number of rotatable bonds is 11. The Kier molecular flexibility index (Phi) is 8.39. The molecule has 2 bridgehead atoms. The number of nitrogens with one attached hydrogen (secondary N) is 2. The number of ether oxygens (including phenoxy) is 2. The van der Waals surface area contributed by atoms with Crippen LogP contribution >= 0.6 is 11.8 Å². The fraction of sp³-hybridized carbons (Fsp3) is 0.240. The third-order valence-corrected chi connectivity index (χ3v) is 7.53. The molecule has 13 heteroatoms. The Bertz CT molecular complexity index is 1450. The van der Waals surface area contributed by atoms with Crippen molar-refractivity contribution in [2.75, 3.05) is 31.1 Å². The molecule has 0 radical (unpaired) electrons. The van der Waals surface area contributed by atoms with Crippen LogP contribution in [-0.4, -0.2) is 57.6 Å². The van der Waals surface area contributed by atoms with Crippen molar-refractivity contribution in [2.45, 2.75) is 17.2 Å². The van der Waals surface area contributed by atoms with Crippen molar-refractivity contribution in [1.29, 1.82) is 0 Å². The van der Waals surface area contributed by atoms with Gasteiger partial charge in [0.05, 0.1) is 22.8 Å². The van der Waals surface area contributed by atoms with E-state index >= 15 is 0 Å². The van der Waals surface area contributed by atoms with Gasteiger partial charge in [0.1, 0.15) is 17.2 Å². The topological polar surface area (TPSA) is 144 Å². The van der Waals surface area contributed by atoms with E-state index in [1.165, 1.54) is 36.4 Å². The Morgan fingerprint density at radius 3 is 2.39 bits per heavy atom. The van der Waals surface area contributed by atoms with E-state index in [0.29, 0.717) is 18.1 Å². The van der Waals surface area contributed by atoms with Gasteiger partial charge in [0, 0.05) is 12.3 Å². The first-order valence-corrected chi connectivity index (χ1v) is 14.0. The molecule has 11 nitrogen and oxygen atoms in total. The van der Waals surface area contributed by atoms with Gasteiger partial charge >= 0.3 is 11.9 Å². The lowest BCUT2D eigenvalue weighted by Gasteiger charge is -2.15. The summed E-state index contributed by atoms with van der Waals surface area (Å²) in [6.07, 6.45) is 0. The van der Waals surface area contributed by atoms with E-state index < -0.39 is 33.6 Å². The molecule has 0 atom stereocenters. The second-order valence-electron chi connectivity index (χ2n) is 8.43. The normalized spacial score (nSPS) is 13.0. The monoisotopic (exact) mass is 559 g/mol. The molecule has 1 aromatic heterocycles. The lowest BCUT2D eigenvalue weighted by atomic mass is 10.1. The molecule has 0 saturated heterocycles. The second-order valence-corrected chi connectivity index (χ2v) is 11.2. The summed E-state index contributed by atoms with van der Waals surface area (Å²) in [4.78, 5) is 38.9. The molecule has 1 aliphatic rings. The van der Waals surface area contributed by atoms with Gasteiger partial charge in [0.2, 0.25) is 0 Å². The number of benzene rings is 2. The number of carbonyl (C=O) groups is 3. The largest absolute Gasteiger partial charge is 0.464 e. The maximum atomic E-state index is 12.9. The fourth-order valence-electron chi connectivity index (χ4n) is 3.50. The average molecular weight is 560 g/mol. The molecular formula is C25H25N3O8S2. The molecule has 2 N–H and O–H groups in total. The molecule has 1 aliphatic heterocycles. The van der Waals surface area contributed by atoms with Crippen LogP contribution in [0.2, 0.25) is 0 Å². The van der Waals surface area contributed by atoms with E-state index in [9.17, 15) is 22.8 Å². The van der Waals surface area contributed by atoms with E-state index in [4.69, 9.17) is 13.9 Å². The number of amides is 1. The standard InChI is InChI=1S/C25H25N3O8S2/c1-28(2)14-16-8-9-17(34-16)15-37-13-12-26-23(29)19-10-11-20-21(22(19)36-25(31)24(30)35-20)27-38(32,33)18-6-4-3-5-7-18/h3-11,27H,12-15H2,1-2H3,(H,26,29). The number of sulfonamides is 1. The van der Waals surface area contributed by atoms with E-state index in [1.807, 2.05) is 31.1 Å². The molecule has 2 aromatic carbocycles. The van der Waals surface area contributed by atoms with Gasteiger partial charge < -0.3 is 24.1 Å². The van der Waals surface area contributed by atoms with Gasteiger partial charge in [0.25, 0.3) is 15.9 Å². The minimum absolute atomic E-state index is 0.0777. The van der Waals surface area contributed by atoms with Crippen molar-refractivity contribution in [3.05, 3.63) is 71.7 Å². The first-order chi connectivity index (χ1) is 18.1. The Labute approximate surface area is 223 Å². The molecule has 0 aliphatic carbocycles. The summed E-state index contributed by atoms with van der Waals surface area (Å²) >= 11 is 1.55. The van der Waals surface area contributed by atoms with E-state index in [2.05, 4.69) is 10.0 Å². The van der Waals surface area contributed by atoms with Gasteiger partial charge in [-0.3, -0.25) is 9.52 Å². The van der Waals surface area contributed by atoms with Gasteiger partial charge in [-0.05, 0) is 50.5 Å². The summed E-state index contributed by atoms with van der Waals surface area (Å²) in [6, 6.07) is 13.8. The highest BCUT2D eigenvalue weighted by Crippen LogP contribution is 2.41. The third kappa shape index (κ3) is 6.54. The van der Waals surface area contributed by atoms with Crippen LogP contribution in [0, 0.1) is 0 Å². The van der Waals surface area contributed by atoms with Crippen LogP contribution in [0.25, 0.3) is 0 Å². The quantitative estimate of drug-likeness (QED) is 0.156. The minimum Gasteiger partial charge on any atom is -0.464 e. The van der Waals surface area contributed by atoms with Gasteiger partial charge in [0.15, 0.2) is 11.5 Å². The van der Waals surface area contributed by atoms with Crippen molar-refractivity contribution in [2.24, 2.45) is 0 Å². The predicted molar refractivity (Wildman–Crippen MR) is 140 cm³/mol. The summed E-state index contributed by atoms with van der Waals surface area (Å²) in [6.45, 7) is 0.969. The van der Waals surface area contributed by atoms with Crippen molar-refractivity contribution in [1.82, 2.24) is 10.2 Å². The summed E-state index contributed by atoms with van der Waals surface area (Å²) < 4.78 is 43.9. The Hall–Kier alpha value is -3.81. The Morgan fingerprint density at radius 2 is 1.66 bits per heavy atom. The summed E-state index contributed by atoms with van der Waals surface area (Å²) in [7, 11) is -0.254. The van der Waals surface area contributed by atoms with Crippen LogP contribution in [0.15, 0.2) is 63.9 Å². The average Bonchev–Trinajstić information content (AvgIpc) is 3.29. The SMILES string of the molecule is CN(C)Cc1ccc(CSCCNC(=O)c2ccc3c(NS(=O)(=O)c4ccccc4)c2OC(=O)C(=O)O3)o1. The molecule has 2 heterocycles. The molecule has 0 unspecified atom stereocenters. The fourth-order valence-corrected chi connectivity index (χ4v) is 5.34. The zero-order valence-electron chi connectivity index (χ0n) is 20.6. The van der Waals surface area contributed by atoms with E-state index in [-0.39, 0.29) is 28.4 Å². The summed E-state index contributed by atoms with van der Waals surface area (Å²) in [5.41, 5.74) is -0.475. The van der Waals surface area contributed by atoms with Crippen molar-refractivity contribution < 1.29 is 36.7 Å². The molecule has 0 saturated carbocycles. The molecule has 200 valence electrons. The van der Waals surface area contributed by atoms with Crippen LogP contribution in [0.4, 0.5) is 5.69 Å². The highest BCUT2D eigenvalue weighted by Gasteiger charge is 2.33. The van der Waals surface area contributed by atoms with Crippen LogP contribution in [0.1, 0.15) is 21.9 Å². The van der Waals surface area contributed by atoms with E-state index in [0.717, 1.165) is 11.5 Å². The van der Waals surface area contributed by atoms with Crippen LogP contribution in [0.5, 0.6) is 11.5 Å². The zero-order chi connectivity index (χ0) is 27.3. The van der Waals surface area contributed by atoms with Gasteiger partial charge in [-0.1, -0.05) is 18.2 Å². The highest BCUT2D eigenvalue weighted by molar-refractivity contribution is 7.98. The lowest BCUT2D eigenvalue weighted by Crippen LogP contribution is -2.27. The number of carbonyl (C=O) groups excluding carboxylic acids is 3. The summed E-state index contributed by atoms with van der Waals surface area (Å²) in [5, 5.41) is 2.71. The first kappa shape index (κ1) is 27.2. The molecule has 0 spiro atoms. The molecule has 4 rings (SSSR count). The number of thioether (sulfide) groups is 1. The number of hydrogen-bond donors (Lipinski definition) is 2. The number of nitrogens with zero attached hydrogens (tertiary/aromatic N) is 1. The minimum atomic E-state index is -4.16. The molecular weight excluding hydrogens is 534 g/mol. The zero-order valence-corrected chi connectivity index (χ0v) is 22.2. The number of hydrogen-bond acceptors (Lipinski definition) is 10. The van der Waals surface area contributed by atoms with Gasteiger partial charge in [-0.15, -0.1) is 0 Å². The molecule has 1 amide bonds. The Morgan fingerprint density at radius 1 is 0.947 bits per heavy atom. The first-order valence-electron chi connectivity index (χ1n) is 11.4. The maximum absolute atomic E-state index is 12.9. The smallest absolute Gasteiger partial charge is 0.423 e. The number of furan rings is 1. The number of esters is 2. The van der Waals surface area contributed by atoms with Crippen molar-refractivity contribution >= 4 is 45.3 Å². The number of anilines is 1. The van der Waals surface area contributed by atoms with Crippen LogP contribution in [-0.2, 0) is 31.9 Å². The van der Waals surface area contributed by atoms with Crippen molar-refractivity contribution in [3.8, 4) is 11.5 Å². The van der Waals surface area contributed by atoms with Crippen LogP contribution < -0.4 is 19.5 Å². The highest BCUT2D eigenvalue weighted by atomic mass is 32.2. The summed E-state index contributed by atoms with van der Waals surface area (Å²) in [5.74, 6) is -1.20. The van der Waals surface area contributed by atoms with Crippen LogP contribution in [0.3, 0.4) is 0 Å². The predicted octanol–water partition coefficient (Wildman–Crippen LogP) is 2.63. The number of fused-ring (bicyclic) bond motifs is 2. The van der Waals surface area contributed by atoms with Crippen molar-refractivity contribution in [3.63, 3.8) is 0 Å². The van der Waals surface area contributed by atoms with Gasteiger partial charge in [-0.25, -0.2) is 18.0 Å². The van der Waals surface area contributed by atoms with E-state index in [1.54, 1.807) is 17.8 Å². The molecule has 0 fully saturated rings. The molecule has 38 heavy (non-hydrogen) atoms. The Balaban J connectivity index is 1.45.